The molecule has 10 nitrogen and oxygen atoms in total. The highest BCUT2D eigenvalue weighted by molar-refractivity contribution is 6.27. The number of nitriles is 4. The molecular formula is C52H28N10. The third-order valence-electron chi connectivity index (χ3n) is 11.0. The number of hydrogen-bond acceptors (Lipinski definition) is 10. The van der Waals surface area contributed by atoms with Gasteiger partial charge in [-0.2, -0.15) is 21.0 Å². The molecule has 0 saturated carbocycles. The lowest BCUT2D eigenvalue weighted by molar-refractivity contribution is 1.18. The average molecular weight is 793 g/mol. The van der Waals surface area contributed by atoms with Crippen LogP contribution < -0.4 is 9.80 Å². The van der Waals surface area contributed by atoms with Gasteiger partial charge < -0.3 is 9.80 Å². The number of hydrogen-bond donors (Lipinski definition) is 0. The van der Waals surface area contributed by atoms with E-state index in [0.717, 1.165) is 77.9 Å². The largest absolute Gasteiger partial charge is 0.307 e. The van der Waals surface area contributed by atoms with E-state index in [2.05, 4.69) is 141 Å². The van der Waals surface area contributed by atoms with E-state index < -0.39 is 0 Å². The van der Waals surface area contributed by atoms with Gasteiger partial charge in [-0.15, -0.1) is 0 Å². The van der Waals surface area contributed by atoms with Crippen molar-refractivity contribution in [1.29, 1.82) is 21.0 Å². The number of anilines is 6. The first-order valence-electron chi connectivity index (χ1n) is 19.5. The van der Waals surface area contributed by atoms with Crippen molar-refractivity contribution in [3.05, 3.63) is 193 Å². The minimum absolute atomic E-state index is 0.320. The van der Waals surface area contributed by atoms with Gasteiger partial charge in [0, 0.05) is 11.4 Å². The van der Waals surface area contributed by atoms with Crippen LogP contribution in [0.4, 0.5) is 34.1 Å². The molecule has 4 aromatic heterocycles. The van der Waals surface area contributed by atoms with Crippen LogP contribution in [-0.4, -0.2) is 19.9 Å². The summed E-state index contributed by atoms with van der Waals surface area (Å²) >= 11 is 0. The number of aromatic nitrogens is 4. The molecule has 0 atom stereocenters. The maximum Gasteiger partial charge on any atom is 0.140 e. The Morgan fingerprint density at radius 1 is 0.306 bits per heavy atom. The second kappa shape index (κ2) is 15.4. The van der Waals surface area contributed by atoms with Gasteiger partial charge in [-0.25, -0.2) is 19.9 Å². The molecule has 0 spiro atoms. The fourth-order valence-electron chi connectivity index (χ4n) is 8.12. The van der Waals surface area contributed by atoms with Crippen molar-refractivity contribution in [2.45, 2.75) is 0 Å². The zero-order valence-corrected chi connectivity index (χ0v) is 32.6. The quantitative estimate of drug-likeness (QED) is 0.136. The van der Waals surface area contributed by atoms with Crippen molar-refractivity contribution < 1.29 is 0 Å². The monoisotopic (exact) mass is 792 g/mol. The van der Waals surface area contributed by atoms with Crippen molar-refractivity contribution >= 4 is 66.4 Å². The first-order valence-corrected chi connectivity index (χ1v) is 19.5. The van der Waals surface area contributed by atoms with Crippen molar-refractivity contribution in [1.82, 2.24) is 19.9 Å². The Morgan fingerprint density at radius 3 is 0.871 bits per heavy atom. The van der Waals surface area contributed by atoms with Crippen LogP contribution in [0.25, 0.3) is 54.6 Å². The molecule has 286 valence electrons. The Hall–Kier alpha value is -9.48. The lowest BCUT2D eigenvalue weighted by Gasteiger charge is -2.25. The summed E-state index contributed by atoms with van der Waals surface area (Å²) in [4.78, 5) is 21.2. The molecule has 0 aliphatic rings. The van der Waals surface area contributed by atoms with Crippen LogP contribution in [0, 0.1) is 45.3 Å². The molecule has 6 aromatic carbocycles. The van der Waals surface area contributed by atoms with E-state index >= 15 is 0 Å². The van der Waals surface area contributed by atoms with Crippen LogP contribution in [0.2, 0.25) is 0 Å². The highest BCUT2D eigenvalue weighted by Crippen LogP contribution is 2.44. The molecule has 0 fully saturated rings. The zero-order valence-electron chi connectivity index (χ0n) is 32.6. The third-order valence-corrected chi connectivity index (χ3v) is 11.0. The SMILES string of the molecule is N#Cc1ccc(N(c2ccc(-c3ccc4ccc5c(-c6ccc(N(c7ccc(C#N)nc7)c7ccc(C#N)nc7)cc6)ccc6ccc3c4c65)cc2)c2ccc(C#N)nc2)cn1. The number of nitrogens with zero attached hydrogens (tertiary/aromatic N) is 10. The Kier molecular flexibility index (Phi) is 9.13. The van der Waals surface area contributed by atoms with Crippen molar-refractivity contribution in [2.75, 3.05) is 9.80 Å². The molecular weight excluding hydrogens is 765 g/mol. The van der Waals surface area contributed by atoms with Crippen LogP contribution in [-0.2, 0) is 0 Å². The van der Waals surface area contributed by atoms with E-state index in [1.54, 1.807) is 49.1 Å². The molecule has 62 heavy (non-hydrogen) atoms. The van der Waals surface area contributed by atoms with Gasteiger partial charge in [-0.3, -0.25) is 0 Å². The van der Waals surface area contributed by atoms with Crippen LogP contribution in [0.5, 0.6) is 0 Å². The second-order valence-corrected chi connectivity index (χ2v) is 14.5. The summed E-state index contributed by atoms with van der Waals surface area (Å²) in [6.07, 6.45) is 6.64. The van der Waals surface area contributed by atoms with E-state index in [9.17, 15) is 21.0 Å². The Balaban J connectivity index is 1.03. The average Bonchev–Trinajstić information content (AvgIpc) is 3.34. The smallest absolute Gasteiger partial charge is 0.140 e. The summed E-state index contributed by atoms with van der Waals surface area (Å²) in [5, 5.41) is 44.4. The van der Waals surface area contributed by atoms with Crippen molar-refractivity contribution in [2.24, 2.45) is 0 Å². The molecule has 0 unspecified atom stereocenters. The molecule has 4 heterocycles. The van der Waals surface area contributed by atoms with Crippen LogP contribution in [0.15, 0.2) is 170 Å². The number of benzene rings is 6. The normalized spacial score (nSPS) is 10.8. The summed E-state index contributed by atoms with van der Waals surface area (Å²) in [5.74, 6) is 0. The van der Waals surface area contributed by atoms with E-state index in [1.165, 1.54) is 10.8 Å². The van der Waals surface area contributed by atoms with E-state index in [0.29, 0.717) is 22.8 Å². The van der Waals surface area contributed by atoms with Gasteiger partial charge >= 0.3 is 0 Å². The lowest BCUT2D eigenvalue weighted by atomic mass is 9.87. The molecule has 0 saturated heterocycles. The van der Waals surface area contributed by atoms with E-state index in [4.69, 9.17) is 0 Å². The molecule has 0 aliphatic heterocycles. The summed E-state index contributed by atoms with van der Waals surface area (Å²) < 4.78 is 0. The second-order valence-electron chi connectivity index (χ2n) is 14.5. The summed E-state index contributed by atoms with van der Waals surface area (Å²) in [6, 6.07) is 56.7. The van der Waals surface area contributed by atoms with Gasteiger partial charge in [-0.05, 0) is 127 Å². The van der Waals surface area contributed by atoms with Gasteiger partial charge in [-0.1, -0.05) is 72.8 Å². The van der Waals surface area contributed by atoms with Crippen LogP contribution in [0.3, 0.4) is 0 Å². The Labute approximate surface area is 355 Å². The first kappa shape index (κ1) is 36.8. The molecule has 10 aromatic rings. The lowest BCUT2D eigenvalue weighted by Crippen LogP contribution is -2.11. The van der Waals surface area contributed by atoms with Gasteiger partial charge in [0.1, 0.15) is 47.1 Å². The van der Waals surface area contributed by atoms with Crippen LogP contribution in [0.1, 0.15) is 22.8 Å². The number of pyridine rings is 4. The molecule has 0 aliphatic carbocycles. The van der Waals surface area contributed by atoms with Gasteiger partial charge in [0.25, 0.3) is 0 Å². The van der Waals surface area contributed by atoms with Crippen molar-refractivity contribution in [3.8, 4) is 46.5 Å². The molecule has 0 bridgehead atoms. The summed E-state index contributed by atoms with van der Waals surface area (Å²) in [5.41, 5.74) is 10.3. The minimum atomic E-state index is 0.320. The predicted molar refractivity (Wildman–Crippen MR) is 240 cm³/mol. The Bertz CT molecular complexity index is 3120. The first-order chi connectivity index (χ1) is 30.5. The van der Waals surface area contributed by atoms with Gasteiger partial charge in [0.15, 0.2) is 0 Å². The maximum atomic E-state index is 9.36. The summed E-state index contributed by atoms with van der Waals surface area (Å²) in [6.45, 7) is 0. The standard InChI is InChI=1S/C52H28N10/c53-25-37-9-17-43(29-57-37)61(44-18-10-38(26-54)58-30-44)41-13-1-33(2-14-41)47-21-5-35-8-24-50-48(22-6-36-7-23-49(47)51(35)52(36)50)34-3-15-42(16-4-34)62(45-19-11-39(27-55)59-31-45)46-20-12-40(28-56)60-32-46/h1-24,29-32H. The highest BCUT2D eigenvalue weighted by Gasteiger charge is 2.19. The fraction of sp³-hybridized carbons (Fsp3) is 0. The van der Waals surface area contributed by atoms with Gasteiger partial charge in [0.05, 0.1) is 47.5 Å². The molecule has 10 heteroatoms. The highest BCUT2D eigenvalue weighted by atomic mass is 15.2. The number of rotatable bonds is 8. The van der Waals surface area contributed by atoms with Crippen molar-refractivity contribution in [3.63, 3.8) is 0 Å². The zero-order chi connectivity index (χ0) is 42.2. The third kappa shape index (κ3) is 6.46. The predicted octanol–water partition coefficient (Wildman–Crippen LogP) is 11.9. The van der Waals surface area contributed by atoms with Crippen LogP contribution >= 0.6 is 0 Å². The summed E-state index contributed by atoms with van der Waals surface area (Å²) in [7, 11) is 0. The topological polar surface area (TPSA) is 153 Å². The van der Waals surface area contributed by atoms with Gasteiger partial charge in [0.2, 0.25) is 0 Å². The molecule has 0 N–H and O–H groups in total. The van der Waals surface area contributed by atoms with E-state index in [-0.39, 0.29) is 0 Å². The molecule has 0 radical (unpaired) electrons. The molecule has 0 amide bonds. The van der Waals surface area contributed by atoms with E-state index in [1.807, 2.05) is 34.1 Å². The molecule has 10 rings (SSSR count). The fourth-order valence-corrected chi connectivity index (χ4v) is 8.12. The maximum absolute atomic E-state index is 9.36. The minimum Gasteiger partial charge on any atom is -0.307 e. The Morgan fingerprint density at radius 2 is 0.597 bits per heavy atom.